The summed E-state index contributed by atoms with van der Waals surface area (Å²) in [4.78, 5) is 2.43. The van der Waals surface area contributed by atoms with Gasteiger partial charge in [-0.2, -0.15) is 0 Å². The van der Waals surface area contributed by atoms with E-state index in [1.807, 2.05) is 13.8 Å². The second-order valence-electron chi connectivity index (χ2n) is 4.84. The lowest BCUT2D eigenvalue weighted by Gasteiger charge is -2.33. The third kappa shape index (κ3) is 4.97. The smallest absolute Gasteiger partial charge is 0.0195 e. The molecule has 0 aliphatic carbocycles. The van der Waals surface area contributed by atoms with Crippen LogP contribution in [0.1, 0.15) is 47.5 Å². The monoisotopic (exact) mass is 200 g/mol. The van der Waals surface area contributed by atoms with E-state index in [9.17, 15) is 0 Å². The van der Waals surface area contributed by atoms with Gasteiger partial charge in [0.1, 0.15) is 0 Å². The van der Waals surface area contributed by atoms with E-state index in [1.54, 1.807) is 0 Å². The van der Waals surface area contributed by atoms with Crippen molar-refractivity contribution in [3.63, 3.8) is 0 Å². The highest BCUT2D eigenvalue weighted by atomic mass is 15.2. The molecule has 0 aromatic heterocycles. The van der Waals surface area contributed by atoms with Crippen molar-refractivity contribution < 1.29 is 0 Å². The molecular weight excluding hydrogens is 172 g/mol. The van der Waals surface area contributed by atoms with Crippen molar-refractivity contribution in [1.82, 2.24) is 10.2 Å². The summed E-state index contributed by atoms with van der Waals surface area (Å²) in [5.41, 5.74) is 0.310. The topological polar surface area (TPSA) is 15.3 Å². The summed E-state index contributed by atoms with van der Waals surface area (Å²) in [7, 11) is 2.21. The molecule has 1 heterocycles. The third-order valence-corrected chi connectivity index (χ3v) is 2.80. The maximum Gasteiger partial charge on any atom is 0.0195 e. The minimum absolute atomic E-state index is 0.310. The van der Waals surface area contributed by atoms with Crippen LogP contribution in [-0.4, -0.2) is 36.6 Å². The van der Waals surface area contributed by atoms with E-state index < -0.39 is 0 Å². The Morgan fingerprint density at radius 3 is 2.21 bits per heavy atom. The van der Waals surface area contributed by atoms with Crippen LogP contribution in [0.5, 0.6) is 0 Å². The minimum Gasteiger partial charge on any atom is -0.313 e. The van der Waals surface area contributed by atoms with Gasteiger partial charge >= 0.3 is 0 Å². The molecule has 0 spiro atoms. The Kier molecular flexibility index (Phi) is 6.38. The molecular formula is C12H28N2. The molecule has 0 aromatic rings. The van der Waals surface area contributed by atoms with E-state index in [2.05, 4.69) is 38.0 Å². The molecule has 0 aromatic carbocycles. The van der Waals surface area contributed by atoms with Crippen LogP contribution < -0.4 is 5.32 Å². The molecule has 1 aliphatic heterocycles. The molecule has 1 N–H and O–H groups in total. The van der Waals surface area contributed by atoms with E-state index in [0.29, 0.717) is 5.54 Å². The molecule has 0 amide bonds. The van der Waals surface area contributed by atoms with Gasteiger partial charge in [0.15, 0.2) is 0 Å². The van der Waals surface area contributed by atoms with Gasteiger partial charge in [-0.1, -0.05) is 13.8 Å². The van der Waals surface area contributed by atoms with Crippen molar-refractivity contribution in [3.05, 3.63) is 0 Å². The van der Waals surface area contributed by atoms with E-state index in [-0.39, 0.29) is 0 Å². The van der Waals surface area contributed by atoms with Crippen molar-refractivity contribution in [1.29, 1.82) is 0 Å². The van der Waals surface area contributed by atoms with Crippen LogP contribution in [0.4, 0.5) is 0 Å². The van der Waals surface area contributed by atoms with Gasteiger partial charge in [0.05, 0.1) is 0 Å². The number of hydrogen-bond acceptors (Lipinski definition) is 2. The molecule has 86 valence electrons. The summed E-state index contributed by atoms with van der Waals surface area (Å²) >= 11 is 0. The van der Waals surface area contributed by atoms with Crippen molar-refractivity contribution in [2.75, 3.05) is 20.1 Å². The molecule has 1 saturated heterocycles. The van der Waals surface area contributed by atoms with Gasteiger partial charge in [-0.25, -0.2) is 0 Å². The summed E-state index contributed by atoms with van der Waals surface area (Å²) in [6.45, 7) is 13.2. The van der Waals surface area contributed by atoms with Crippen LogP contribution in [0.3, 0.4) is 0 Å². The number of likely N-dealkylation sites (N-methyl/N-ethyl adjacent to an activating group) is 1. The zero-order chi connectivity index (χ0) is 11.2. The molecule has 1 unspecified atom stereocenters. The average molecular weight is 200 g/mol. The van der Waals surface area contributed by atoms with Crippen LogP contribution in [0.15, 0.2) is 0 Å². The fraction of sp³-hybridized carbons (Fsp3) is 1.00. The average Bonchev–Trinajstić information content (AvgIpc) is 2.59. The van der Waals surface area contributed by atoms with Gasteiger partial charge in [-0.05, 0) is 47.2 Å². The van der Waals surface area contributed by atoms with E-state index >= 15 is 0 Å². The molecule has 1 rings (SSSR count). The summed E-state index contributed by atoms with van der Waals surface area (Å²) < 4.78 is 0. The van der Waals surface area contributed by atoms with Crippen LogP contribution >= 0.6 is 0 Å². The second kappa shape index (κ2) is 6.41. The Hall–Kier alpha value is -0.0800. The van der Waals surface area contributed by atoms with E-state index in [1.165, 1.54) is 25.9 Å². The highest BCUT2D eigenvalue weighted by molar-refractivity contribution is 4.81. The number of hydrogen-bond donors (Lipinski definition) is 1. The van der Waals surface area contributed by atoms with Crippen molar-refractivity contribution in [2.24, 2.45) is 0 Å². The molecule has 2 heteroatoms. The van der Waals surface area contributed by atoms with E-state index in [4.69, 9.17) is 0 Å². The lowest BCUT2D eigenvalue weighted by atomic mass is 10.1. The zero-order valence-electron chi connectivity index (χ0n) is 10.9. The third-order valence-electron chi connectivity index (χ3n) is 2.80. The number of rotatable bonds is 2. The normalized spacial score (nSPS) is 22.1. The SMILES string of the molecule is CC.CN(CC1CCCN1)C(C)(C)C. The predicted octanol–water partition coefficient (Wildman–Crippen LogP) is 2.49. The highest BCUT2D eigenvalue weighted by Gasteiger charge is 2.22. The maximum atomic E-state index is 3.52. The molecule has 1 aliphatic rings. The number of nitrogens with one attached hydrogen (secondary N) is 1. The zero-order valence-corrected chi connectivity index (χ0v) is 10.9. The minimum atomic E-state index is 0.310. The summed E-state index contributed by atoms with van der Waals surface area (Å²) in [6, 6.07) is 0.731. The summed E-state index contributed by atoms with van der Waals surface area (Å²) in [5.74, 6) is 0. The fourth-order valence-electron chi connectivity index (χ4n) is 1.52. The van der Waals surface area contributed by atoms with Crippen LogP contribution in [-0.2, 0) is 0 Å². The van der Waals surface area contributed by atoms with Crippen molar-refractivity contribution >= 4 is 0 Å². The lowest BCUT2D eigenvalue weighted by Crippen LogP contribution is -2.45. The van der Waals surface area contributed by atoms with Gasteiger partial charge in [-0.3, -0.25) is 4.90 Å². The largest absolute Gasteiger partial charge is 0.313 e. The summed E-state index contributed by atoms with van der Waals surface area (Å²) in [5, 5.41) is 3.52. The molecule has 0 bridgehead atoms. The molecule has 0 saturated carbocycles. The maximum absolute atomic E-state index is 3.52. The standard InChI is InChI=1S/C10H22N2.C2H6/c1-10(2,3)12(4)8-9-6-5-7-11-9;1-2/h9,11H,5-8H2,1-4H3;1-2H3. The summed E-state index contributed by atoms with van der Waals surface area (Å²) in [6.07, 6.45) is 2.70. The molecule has 1 fully saturated rings. The van der Waals surface area contributed by atoms with Gasteiger partial charge in [0.2, 0.25) is 0 Å². The Balaban J connectivity index is 0.000000791. The first-order valence-corrected chi connectivity index (χ1v) is 5.95. The Morgan fingerprint density at radius 1 is 1.29 bits per heavy atom. The van der Waals surface area contributed by atoms with Crippen LogP contribution in [0.2, 0.25) is 0 Å². The van der Waals surface area contributed by atoms with E-state index in [0.717, 1.165) is 6.04 Å². The fourth-order valence-corrected chi connectivity index (χ4v) is 1.52. The molecule has 0 radical (unpaired) electrons. The Bertz CT molecular complexity index is 132. The highest BCUT2D eigenvalue weighted by Crippen LogP contribution is 2.13. The van der Waals surface area contributed by atoms with Gasteiger partial charge in [-0.15, -0.1) is 0 Å². The molecule has 14 heavy (non-hydrogen) atoms. The van der Waals surface area contributed by atoms with Gasteiger partial charge in [0, 0.05) is 18.1 Å². The van der Waals surface area contributed by atoms with Gasteiger partial charge in [0.25, 0.3) is 0 Å². The first-order chi connectivity index (χ1) is 6.50. The predicted molar refractivity (Wildman–Crippen MR) is 64.8 cm³/mol. The van der Waals surface area contributed by atoms with Crippen LogP contribution in [0.25, 0.3) is 0 Å². The first kappa shape index (κ1) is 13.9. The molecule has 2 nitrogen and oxygen atoms in total. The molecule has 1 atom stereocenters. The van der Waals surface area contributed by atoms with Crippen molar-refractivity contribution in [2.45, 2.75) is 59.0 Å². The second-order valence-corrected chi connectivity index (χ2v) is 4.84. The Labute approximate surface area is 90.1 Å². The van der Waals surface area contributed by atoms with Crippen molar-refractivity contribution in [3.8, 4) is 0 Å². The quantitative estimate of drug-likeness (QED) is 0.737. The van der Waals surface area contributed by atoms with Gasteiger partial charge < -0.3 is 5.32 Å². The lowest BCUT2D eigenvalue weighted by molar-refractivity contribution is 0.161. The number of nitrogens with zero attached hydrogens (tertiary/aromatic N) is 1. The Morgan fingerprint density at radius 2 is 1.86 bits per heavy atom. The first-order valence-electron chi connectivity index (χ1n) is 5.95. The van der Waals surface area contributed by atoms with Crippen LogP contribution in [0, 0.1) is 0 Å².